The number of sulfonamides is 1. The monoisotopic (exact) mass is 493 g/mol. The van der Waals surface area contributed by atoms with Crippen molar-refractivity contribution in [3.63, 3.8) is 0 Å². The maximum atomic E-state index is 13.2. The van der Waals surface area contributed by atoms with Crippen LogP contribution in [0.2, 0.25) is 0 Å². The fourth-order valence-corrected chi connectivity index (χ4v) is 6.14. The summed E-state index contributed by atoms with van der Waals surface area (Å²) in [6.07, 6.45) is 1.47. The van der Waals surface area contributed by atoms with Gasteiger partial charge in [0.1, 0.15) is 6.33 Å². The topological polar surface area (TPSA) is 99.3 Å². The molecule has 5 rings (SSSR count). The highest BCUT2D eigenvalue weighted by Crippen LogP contribution is 2.24. The Morgan fingerprint density at radius 3 is 2.38 bits per heavy atom. The van der Waals surface area contributed by atoms with Crippen LogP contribution in [0.15, 0.2) is 83.1 Å². The zero-order chi connectivity index (χ0) is 23.5. The summed E-state index contributed by atoms with van der Waals surface area (Å²) in [4.78, 5) is 19.0. The van der Waals surface area contributed by atoms with Crippen LogP contribution in [0.3, 0.4) is 0 Å². The van der Waals surface area contributed by atoms with Gasteiger partial charge in [0.25, 0.3) is 5.91 Å². The molecule has 1 N–H and O–H groups in total. The van der Waals surface area contributed by atoms with Crippen LogP contribution in [0.5, 0.6) is 0 Å². The van der Waals surface area contributed by atoms with Gasteiger partial charge in [0.05, 0.1) is 4.90 Å². The Bertz CT molecular complexity index is 1400. The molecule has 174 valence electrons. The van der Waals surface area contributed by atoms with E-state index in [0.29, 0.717) is 18.7 Å². The van der Waals surface area contributed by atoms with Gasteiger partial charge in [0.2, 0.25) is 10.0 Å². The van der Waals surface area contributed by atoms with Gasteiger partial charge in [-0.05, 0) is 40.6 Å². The highest BCUT2D eigenvalue weighted by atomic mass is 32.2. The maximum absolute atomic E-state index is 13.2. The molecule has 10 heteroatoms. The van der Waals surface area contributed by atoms with Crippen molar-refractivity contribution in [2.75, 3.05) is 26.2 Å². The molecule has 2 heterocycles. The van der Waals surface area contributed by atoms with Crippen LogP contribution < -0.4 is 0 Å². The third-order valence-electron chi connectivity index (χ3n) is 5.85. The number of benzene rings is 3. The van der Waals surface area contributed by atoms with Gasteiger partial charge in [-0.1, -0.05) is 54.2 Å². The van der Waals surface area contributed by atoms with E-state index >= 15 is 0 Å². The molecule has 34 heavy (non-hydrogen) atoms. The van der Waals surface area contributed by atoms with Crippen LogP contribution in [0.4, 0.5) is 0 Å². The normalized spacial score (nSPS) is 15.0. The Balaban J connectivity index is 1.20. The lowest BCUT2D eigenvalue weighted by atomic mass is 10.1. The number of fused-ring (bicyclic) bond motifs is 1. The average molecular weight is 494 g/mol. The van der Waals surface area contributed by atoms with Crippen molar-refractivity contribution in [2.45, 2.75) is 15.8 Å². The van der Waals surface area contributed by atoms with Crippen molar-refractivity contribution >= 4 is 38.5 Å². The summed E-state index contributed by atoms with van der Waals surface area (Å²) in [7, 11) is -3.62. The smallest absolute Gasteiger partial charge is 0.253 e. The molecular weight excluding hydrogens is 470 g/mol. The summed E-state index contributed by atoms with van der Waals surface area (Å²) in [5.41, 5.74) is 1.67. The summed E-state index contributed by atoms with van der Waals surface area (Å²) in [5, 5.41) is 9.27. The van der Waals surface area contributed by atoms with Gasteiger partial charge >= 0.3 is 0 Å². The van der Waals surface area contributed by atoms with Crippen LogP contribution in [-0.4, -0.2) is 64.9 Å². The van der Waals surface area contributed by atoms with E-state index in [-0.39, 0.29) is 23.9 Å². The number of carbonyl (C=O) groups is 1. The Morgan fingerprint density at radius 1 is 0.941 bits per heavy atom. The zero-order valence-electron chi connectivity index (χ0n) is 18.3. The number of piperazine rings is 1. The lowest BCUT2D eigenvalue weighted by molar-refractivity contribution is 0.0698. The zero-order valence-corrected chi connectivity index (χ0v) is 19.9. The number of hydrogen-bond donors (Lipinski definition) is 1. The number of aromatic nitrogens is 3. The van der Waals surface area contributed by atoms with E-state index in [2.05, 4.69) is 15.2 Å². The molecule has 8 nitrogen and oxygen atoms in total. The number of hydrogen-bond acceptors (Lipinski definition) is 6. The molecule has 1 saturated heterocycles. The van der Waals surface area contributed by atoms with Crippen molar-refractivity contribution in [1.29, 1.82) is 0 Å². The van der Waals surface area contributed by atoms with E-state index in [9.17, 15) is 13.2 Å². The van der Waals surface area contributed by atoms with Gasteiger partial charge < -0.3 is 4.90 Å². The van der Waals surface area contributed by atoms with E-state index in [1.165, 1.54) is 22.4 Å². The Hall–Kier alpha value is -3.21. The van der Waals surface area contributed by atoms with Gasteiger partial charge in [0, 0.05) is 37.5 Å². The number of rotatable bonds is 6. The molecule has 0 radical (unpaired) electrons. The van der Waals surface area contributed by atoms with E-state index in [4.69, 9.17) is 0 Å². The molecule has 1 aliphatic rings. The SMILES string of the molecule is O=C(c1ccc(CSc2ncn[nH]2)cc1)N1CCN(S(=O)(=O)c2ccc3ccccc3c2)CC1. The van der Waals surface area contributed by atoms with Crippen LogP contribution in [0.1, 0.15) is 15.9 Å². The Morgan fingerprint density at radius 2 is 1.68 bits per heavy atom. The molecule has 1 aromatic heterocycles. The quantitative estimate of drug-likeness (QED) is 0.414. The summed E-state index contributed by atoms with van der Waals surface area (Å²) < 4.78 is 27.8. The number of carbonyl (C=O) groups excluding carboxylic acids is 1. The first-order valence-electron chi connectivity index (χ1n) is 10.9. The minimum absolute atomic E-state index is 0.0859. The van der Waals surface area contributed by atoms with Crippen molar-refractivity contribution < 1.29 is 13.2 Å². The minimum Gasteiger partial charge on any atom is -0.336 e. The Kier molecular flexibility index (Phi) is 6.36. The van der Waals surface area contributed by atoms with Crippen LogP contribution >= 0.6 is 11.8 Å². The van der Waals surface area contributed by atoms with Crippen molar-refractivity contribution in [2.24, 2.45) is 0 Å². The van der Waals surface area contributed by atoms with E-state index < -0.39 is 10.0 Å². The largest absolute Gasteiger partial charge is 0.336 e. The molecule has 1 amide bonds. The molecule has 0 atom stereocenters. The van der Waals surface area contributed by atoms with Crippen molar-refractivity contribution in [3.8, 4) is 0 Å². The van der Waals surface area contributed by atoms with Gasteiger partial charge in [-0.15, -0.1) is 0 Å². The predicted octanol–water partition coefficient (Wildman–Crippen LogP) is 3.40. The van der Waals surface area contributed by atoms with Crippen molar-refractivity contribution in [3.05, 3.63) is 84.2 Å². The van der Waals surface area contributed by atoms with Crippen LogP contribution in [0, 0.1) is 0 Å². The lowest BCUT2D eigenvalue weighted by Crippen LogP contribution is -2.50. The molecule has 4 aromatic rings. The third kappa shape index (κ3) is 4.70. The molecule has 0 bridgehead atoms. The summed E-state index contributed by atoms with van der Waals surface area (Å²) in [5.74, 6) is 0.631. The lowest BCUT2D eigenvalue weighted by Gasteiger charge is -2.34. The number of nitrogens with one attached hydrogen (secondary N) is 1. The number of amides is 1. The van der Waals surface area contributed by atoms with Gasteiger partial charge in [-0.2, -0.15) is 9.40 Å². The summed E-state index contributed by atoms with van der Waals surface area (Å²) in [6.45, 7) is 1.25. The molecular formula is C24H23N5O3S2. The van der Waals surface area contributed by atoms with E-state index in [0.717, 1.165) is 27.2 Å². The van der Waals surface area contributed by atoms with Crippen molar-refractivity contribution in [1.82, 2.24) is 24.4 Å². The second-order valence-corrected chi connectivity index (χ2v) is 10.9. The fourth-order valence-electron chi connectivity index (χ4n) is 3.95. The maximum Gasteiger partial charge on any atom is 0.253 e. The summed E-state index contributed by atoms with van der Waals surface area (Å²) >= 11 is 1.54. The first kappa shape index (κ1) is 22.6. The first-order chi connectivity index (χ1) is 16.5. The van der Waals surface area contributed by atoms with E-state index in [1.54, 1.807) is 17.0 Å². The first-order valence-corrected chi connectivity index (χ1v) is 13.3. The highest BCUT2D eigenvalue weighted by Gasteiger charge is 2.30. The van der Waals surface area contributed by atoms with Gasteiger partial charge in [-0.3, -0.25) is 9.89 Å². The molecule has 0 unspecified atom stereocenters. The number of thioether (sulfide) groups is 1. The molecule has 0 aliphatic carbocycles. The van der Waals surface area contributed by atoms with E-state index in [1.807, 2.05) is 54.6 Å². The molecule has 3 aromatic carbocycles. The Labute approximate surface area is 202 Å². The molecule has 1 fully saturated rings. The molecule has 1 aliphatic heterocycles. The number of aromatic amines is 1. The second-order valence-electron chi connectivity index (χ2n) is 7.98. The minimum atomic E-state index is -3.62. The average Bonchev–Trinajstić information content (AvgIpc) is 3.41. The third-order valence-corrected chi connectivity index (χ3v) is 8.70. The fraction of sp³-hybridized carbons (Fsp3) is 0.208. The standard InChI is InChI=1S/C24H23N5O3S2/c30-23(20-7-5-18(6-8-20)16-33-24-25-17-26-27-24)28-11-13-29(14-12-28)34(31,32)22-10-9-19-3-1-2-4-21(19)15-22/h1-10,15,17H,11-14,16H2,(H,25,26,27). The number of H-pyrrole nitrogens is 1. The molecule has 0 saturated carbocycles. The highest BCUT2D eigenvalue weighted by molar-refractivity contribution is 7.98. The second kappa shape index (κ2) is 9.57. The molecule has 0 spiro atoms. The summed E-state index contributed by atoms with van der Waals surface area (Å²) in [6, 6.07) is 20.4. The predicted molar refractivity (Wildman–Crippen MR) is 131 cm³/mol. The van der Waals surface area contributed by atoms with Gasteiger partial charge in [0.15, 0.2) is 5.16 Å². The van der Waals surface area contributed by atoms with Crippen LogP contribution in [-0.2, 0) is 15.8 Å². The van der Waals surface area contributed by atoms with Crippen LogP contribution in [0.25, 0.3) is 10.8 Å². The number of nitrogens with zero attached hydrogens (tertiary/aromatic N) is 4. The van der Waals surface area contributed by atoms with Gasteiger partial charge in [-0.25, -0.2) is 13.4 Å².